The second-order valence-electron chi connectivity index (χ2n) is 13.6. The Kier molecular flexibility index (Phi) is 10.4. The lowest BCUT2D eigenvalue weighted by Crippen LogP contribution is -2.60. The number of benzene rings is 3. The predicted molar refractivity (Wildman–Crippen MR) is 177 cm³/mol. The van der Waals surface area contributed by atoms with Gasteiger partial charge < -0.3 is 25.3 Å². The third-order valence-corrected chi connectivity index (χ3v) is 9.25. The second kappa shape index (κ2) is 14.4. The molecule has 2 fully saturated rings. The van der Waals surface area contributed by atoms with Crippen molar-refractivity contribution in [3.63, 3.8) is 0 Å². The molecule has 2 aliphatic rings. The molecule has 0 saturated carbocycles. The number of nitrogens with zero attached hydrogens (tertiary/aromatic N) is 2. The van der Waals surface area contributed by atoms with E-state index >= 15 is 0 Å². The average molecular weight is 611 g/mol. The molecule has 3 amide bonds. The summed E-state index contributed by atoms with van der Waals surface area (Å²) in [6, 6.07) is 27.6. The van der Waals surface area contributed by atoms with E-state index in [0.717, 1.165) is 42.5 Å². The van der Waals surface area contributed by atoms with Gasteiger partial charge in [-0.2, -0.15) is 0 Å². The lowest BCUT2D eigenvalue weighted by Gasteiger charge is -2.35. The van der Waals surface area contributed by atoms with Crippen LogP contribution in [0.1, 0.15) is 48.4 Å². The fourth-order valence-electron chi connectivity index (χ4n) is 7.09. The average Bonchev–Trinajstić information content (AvgIpc) is 3.43. The van der Waals surface area contributed by atoms with Crippen molar-refractivity contribution < 1.29 is 18.9 Å². The largest absolute Gasteiger partial charge is 0.343 e. The minimum atomic E-state index is -0.709. The molecule has 0 aromatic heterocycles. The Hall–Kier alpha value is -4.01. The number of fused-ring (bicyclic) bond motifs is 1. The van der Waals surface area contributed by atoms with Crippen LogP contribution >= 0.6 is 0 Å². The molecule has 3 N–H and O–H groups in total. The number of nitrogens with one attached hydrogen (secondary N) is 3. The number of carbonyl (C=O) groups excluding carboxylic acids is 3. The highest BCUT2D eigenvalue weighted by Crippen LogP contribution is 2.35. The van der Waals surface area contributed by atoms with Gasteiger partial charge in [-0.15, -0.1) is 0 Å². The molecular weight excluding hydrogens is 562 g/mol. The molecule has 3 aromatic carbocycles. The van der Waals surface area contributed by atoms with Crippen LogP contribution in [0, 0.1) is 5.92 Å². The minimum absolute atomic E-state index is 0.0264. The van der Waals surface area contributed by atoms with Crippen LogP contribution in [0.25, 0.3) is 0 Å². The first-order valence-corrected chi connectivity index (χ1v) is 16.2. The quantitative estimate of drug-likeness (QED) is 0.289. The van der Waals surface area contributed by atoms with Gasteiger partial charge in [0, 0.05) is 12.0 Å². The molecule has 2 aliphatic heterocycles. The highest BCUT2D eigenvalue weighted by Gasteiger charge is 2.49. The summed E-state index contributed by atoms with van der Waals surface area (Å²) in [6.07, 6.45) is 3.51. The molecule has 0 spiro atoms. The number of amides is 3. The fourth-order valence-corrected chi connectivity index (χ4v) is 7.09. The molecule has 3 aromatic rings. The number of carbonyl (C=O) groups is 3. The molecule has 8 nitrogen and oxygen atoms in total. The fraction of sp³-hybridized carbons (Fsp3) is 0.432. The number of hydrogen-bond donors (Lipinski definition) is 3. The smallest absolute Gasteiger partial charge is 0.246 e. The highest BCUT2D eigenvalue weighted by atomic mass is 16.2. The molecule has 8 heteroatoms. The molecule has 45 heavy (non-hydrogen) atoms. The maximum Gasteiger partial charge on any atom is 0.246 e. The van der Waals surface area contributed by atoms with Crippen LogP contribution in [0.3, 0.4) is 0 Å². The van der Waals surface area contributed by atoms with Gasteiger partial charge in [0.25, 0.3) is 0 Å². The second-order valence-corrected chi connectivity index (χ2v) is 13.6. The lowest BCUT2D eigenvalue weighted by molar-refractivity contribution is -0.874. The number of likely N-dealkylation sites (N-methyl/N-ethyl adjacent to an activating group) is 1. The Morgan fingerprint density at radius 2 is 1.38 bits per heavy atom. The van der Waals surface area contributed by atoms with Crippen LogP contribution in [0.2, 0.25) is 0 Å². The Morgan fingerprint density at radius 1 is 0.822 bits per heavy atom. The first-order chi connectivity index (χ1) is 21.6. The first kappa shape index (κ1) is 32.4. The van der Waals surface area contributed by atoms with Crippen molar-refractivity contribution in [2.24, 2.45) is 5.92 Å². The van der Waals surface area contributed by atoms with E-state index in [-0.39, 0.29) is 35.7 Å². The van der Waals surface area contributed by atoms with Crippen LogP contribution in [0.15, 0.2) is 91.0 Å². The van der Waals surface area contributed by atoms with Gasteiger partial charge in [-0.1, -0.05) is 91.0 Å². The summed E-state index contributed by atoms with van der Waals surface area (Å²) in [5.74, 6) is -0.548. The number of quaternary nitrogens is 1. The van der Waals surface area contributed by atoms with Gasteiger partial charge in [-0.05, 0) is 55.8 Å². The van der Waals surface area contributed by atoms with Crippen LogP contribution in [-0.2, 0) is 20.8 Å². The van der Waals surface area contributed by atoms with Crippen molar-refractivity contribution in [3.8, 4) is 0 Å². The van der Waals surface area contributed by atoms with Gasteiger partial charge in [0.15, 0.2) is 0 Å². The van der Waals surface area contributed by atoms with Gasteiger partial charge in [0.05, 0.1) is 39.8 Å². The van der Waals surface area contributed by atoms with Gasteiger partial charge >= 0.3 is 0 Å². The van der Waals surface area contributed by atoms with Crippen molar-refractivity contribution in [1.29, 1.82) is 0 Å². The standard InChI is InChI=1S/C37H47N5O3/c1-38-31(24-26-14-8-5-9-15-26)35(43)40-34-29(25-42(2,3)4)20-21-30-22-23-32(41(30)37(34)45)36(44)39-33(27-16-10-6-11-17-27)28-18-12-7-13-19-28/h5-19,29-34,38H,20-25H2,1-4H3,(H-,39,40,43,44)/p+1/t29-,30?,31?,32+,34?/m1/s1. The van der Waals surface area contributed by atoms with Crippen LogP contribution < -0.4 is 16.0 Å². The van der Waals surface area contributed by atoms with Gasteiger partial charge in [0.1, 0.15) is 12.1 Å². The first-order valence-electron chi connectivity index (χ1n) is 16.2. The van der Waals surface area contributed by atoms with Crippen molar-refractivity contribution in [2.45, 2.75) is 62.3 Å². The maximum atomic E-state index is 14.6. The van der Waals surface area contributed by atoms with E-state index in [1.807, 2.05) is 95.9 Å². The van der Waals surface area contributed by atoms with E-state index in [1.165, 1.54) is 0 Å². The third kappa shape index (κ3) is 7.99. The molecular formula is C37H48N5O3+. The van der Waals surface area contributed by atoms with E-state index < -0.39 is 18.1 Å². The molecule has 2 heterocycles. The zero-order valence-electron chi connectivity index (χ0n) is 27.0. The minimum Gasteiger partial charge on any atom is -0.343 e. The van der Waals surface area contributed by atoms with E-state index in [0.29, 0.717) is 17.3 Å². The van der Waals surface area contributed by atoms with Crippen LogP contribution in [0.4, 0.5) is 0 Å². The summed E-state index contributed by atoms with van der Waals surface area (Å²) in [4.78, 5) is 44.2. The van der Waals surface area contributed by atoms with Crippen molar-refractivity contribution in [3.05, 3.63) is 108 Å². The van der Waals surface area contributed by atoms with Gasteiger partial charge in [-0.3, -0.25) is 14.4 Å². The zero-order valence-corrected chi connectivity index (χ0v) is 27.0. The van der Waals surface area contributed by atoms with Gasteiger partial charge in [0.2, 0.25) is 17.7 Å². The molecule has 0 aliphatic carbocycles. The number of hydrogen-bond acceptors (Lipinski definition) is 4. The Bertz CT molecular complexity index is 1390. The topological polar surface area (TPSA) is 90.5 Å². The monoisotopic (exact) mass is 610 g/mol. The summed E-state index contributed by atoms with van der Waals surface area (Å²) in [5, 5.41) is 9.63. The van der Waals surface area contributed by atoms with E-state index in [9.17, 15) is 14.4 Å². The highest BCUT2D eigenvalue weighted by molar-refractivity contribution is 5.94. The summed E-state index contributed by atoms with van der Waals surface area (Å²) < 4.78 is 0.675. The van der Waals surface area contributed by atoms with Crippen molar-refractivity contribution in [1.82, 2.24) is 20.9 Å². The van der Waals surface area contributed by atoms with E-state index in [1.54, 1.807) is 7.05 Å². The van der Waals surface area contributed by atoms with E-state index in [2.05, 4.69) is 37.1 Å². The molecule has 0 radical (unpaired) electrons. The molecule has 238 valence electrons. The molecule has 0 bridgehead atoms. The summed E-state index contributed by atoms with van der Waals surface area (Å²) in [7, 11) is 8.12. The van der Waals surface area contributed by atoms with Crippen molar-refractivity contribution >= 4 is 17.7 Å². The van der Waals surface area contributed by atoms with Crippen molar-refractivity contribution in [2.75, 3.05) is 34.7 Å². The zero-order chi connectivity index (χ0) is 32.0. The predicted octanol–water partition coefficient (Wildman–Crippen LogP) is 3.68. The maximum absolute atomic E-state index is 14.6. The molecule has 3 unspecified atom stereocenters. The SMILES string of the molecule is CNC(Cc1ccccc1)C(=O)NC1C(=O)N2C(CC[C@@H]1C[N+](C)(C)C)CC[C@H]2C(=O)NC(c1ccccc1)c1ccccc1. The normalized spacial score (nSPS) is 22.4. The summed E-state index contributed by atoms with van der Waals surface area (Å²) >= 11 is 0. The van der Waals surface area contributed by atoms with Crippen LogP contribution in [0.5, 0.6) is 0 Å². The Morgan fingerprint density at radius 3 is 1.93 bits per heavy atom. The van der Waals surface area contributed by atoms with Crippen LogP contribution in [-0.4, -0.2) is 86.0 Å². The summed E-state index contributed by atoms with van der Waals surface area (Å²) in [6.45, 7) is 0.737. The Balaban J connectivity index is 1.39. The third-order valence-electron chi connectivity index (χ3n) is 9.25. The van der Waals surface area contributed by atoms with E-state index in [4.69, 9.17) is 0 Å². The molecule has 2 saturated heterocycles. The lowest BCUT2D eigenvalue weighted by atomic mass is 9.91. The summed E-state index contributed by atoms with van der Waals surface area (Å²) in [5.41, 5.74) is 3.02. The van der Waals surface area contributed by atoms with Gasteiger partial charge in [-0.25, -0.2) is 0 Å². The molecule has 5 atom stereocenters. The Labute approximate surface area is 267 Å². The number of rotatable bonds is 11. The molecule has 5 rings (SSSR count).